The van der Waals surface area contributed by atoms with Crippen molar-refractivity contribution >= 4 is 40.8 Å². The Labute approximate surface area is 189 Å². The van der Waals surface area contributed by atoms with Crippen LogP contribution in [0.3, 0.4) is 0 Å². The largest absolute Gasteiger partial charge is 0.383 e. The number of hydrogen-bond donors (Lipinski definition) is 3. The number of pyridine rings is 1. The molecule has 1 atom stereocenters. The first kappa shape index (κ1) is 22.3. The molecule has 0 saturated heterocycles. The molecule has 4 N–H and O–H groups in total. The number of carbonyl (C=O) groups is 2. The summed E-state index contributed by atoms with van der Waals surface area (Å²) < 4.78 is 0. The Morgan fingerprint density at radius 3 is 2.34 bits per heavy atom. The van der Waals surface area contributed by atoms with Crippen LogP contribution in [0.4, 0.5) is 17.2 Å². The van der Waals surface area contributed by atoms with Crippen molar-refractivity contribution in [2.75, 3.05) is 16.4 Å². The van der Waals surface area contributed by atoms with Gasteiger partial charge in [0.05, 0.1) is 27.6 Å². The topological polar surface area (TPSA) is 145 Å². The maximum absolute atomic E-state index is 12.6. The Morgan fingerprint density at radius 2 is 1.66 bits per heavy atom. The molecule has 0 aliphatic rings. The lowest BCUT2D eigenvalue weighted by Gasteiger charge is -2.14. The summed E-state index contributed by atoms with van der Waals surface area (Å²) in [7, 11) is 0. The van der Waals surface area contributed by atoms with Crippen LogP contribution in [0.25, 0.3) is 0 Å². The van der Waals surface area contributed by atoms with Gasteiger partial charge in [-0.05, 0) is 37.3 Å². The van der Waals surface area contributed by atoms with Gasteiger partial charge in [-0.3, -0.25) is 9.59 Å². The maximum Gasteiger partial charge on any atom is 0.259 e. The van der Waals surface area contributed by atoms with Crippen LogP contribution < -0.4 is 16.4 Å². The number of para-hydroxylation sites is 2. The second kappa shape index (κ2) is 10.1. The van der Waals surface area contributed by atoms with Gasteiger partial charge < -0.3 is 16.4 Å². The van der Waals surface area contributed by atoms with Crippen LogP contribution in [0, 0.1) is 22.7 Å². The predicted molar refractivity (Wildman–Crippen MR) is 123 cm³/mol. The molecular formula is C23H18N6O2S. The van der Waals surface area contributed by atoms with Crippen LogP contribution in [-0.2, 0) is 4.79 Å². The third kappa shape index (κ3) is 5.22. The zero-order valence-corrected chi connectivity index (χ0v) is 17.8. The molecule has 0 saturated carbocycles. The molecule has 1 aromatic heterocycles. The summed E-state index contributed by atoms with van der Waals surface area (Å²) in [5.74, 6) is -0.914. The van der Waals surface area contributed by atoms with Gasteiger partial charge in [-0.1, -0.05) is 42.1 Å². The fraction of sp³-hybridized carbons (Fsp3) is 0.0870. The number of rotatable bonds is 6. The highest BCUT2D eigenvalue weighted by Gasteiger charge is 2.21. The third-order valence-corrected chi connectivity index (χ3v) is 5.48. The van der Waals surface area contributed by atoms with Crippen LogP contribution in [-0.4, -0.2) is 22.0 Å². The molecule has 2 amide bonds. The van der Waals surface area contributed by atoms with Crippen LogP contribution >= 0.6 is 11.8 Å². The number of anilines is 3. The minimum absolute atomic E-state index is 0.0534. The summed E-state index contributed by atoms with van der Waals surface area (Å²) in [6.07, 6.45) is 0. The quantitative estimate of drug-likeness (QED) is 0.493. The second-order valence-corrected chi connectivity index (χ2v) is 7.94. The van der Waals surface area contributed by atoms with Crippen molar-refractivity contribution in [3.05, 3.63) is 77.4 Å². The molecule has 0 fully saturated rings. The number of carbonyl (C=O) groups excluding carboxylic acids is 2. The molecule has 0 radical (unpaired) electrons. The average Bonchev–Trinajstić information content (AvgIpc) is 2.80. The van der Waals surface area contributed by atoms with E-state index in [0.29, 0.717) is 16.9 Å². The molecule has 0 spiro atoms. The number of nitrogens with two attached hydrogens (primary N) is 1. The molecule has 158 valence electrons. The number of amides is 2. The van der Waals surface area contributed by atoms with Crippen molar-refractivity contribution in [3.63, 3.8) is 0 Å². The number of nitrogens with one attached hydrogen (secondary N) is 2. The molecule has 0 aliphatic heterocycles. The van der Waals surface area contributed by atoms with Gasteiger partial charge in [-0.15, -0.1) is 0 Å². The second-order valence-electron chi connectivity index (χ2n) is 6.61. The van der Waals surface area contributed by atoms with Crippen molar-refractivity contribution in [3.8, 4) is 12.1 Å². The molecule has 32 heavy (non-hydrogen) atoms. The predicted octanol–water partition coefficient (Wildman–Crippen LogP) is 3.78. The number of nitriles is 2. The summed E-state index contributed by atoms with van der Waals surface area (Å²) in [6, 6.07) is 20.8. The van der Waals surface area contributed by atoms with Gasteiger partial charge in [0.2, 0.25) is 5.91 Å². The number of nitrogen functional groups attached to an aromatic ring is 1. The Bertz CT molecular complexity index is 1250. The van der Waals surface area contributed by atoms with Crippen LogP contribution in [0.5, 0.6) is 0 Å². The SMILES string of the molecule is CC(Sc1nc(N)c(C(=O)Nc2ccccc2)cc1C#N)C(=O)Nc1ccccc1C#N. The molecule has 1 heterocycles. The Morgan fingerprint density at radius 1 is 1.00 bits per heavy atom. The van der Waals surface area contributed by atoms with E-state index in [9.17, 15) is 14.9 Å². The van der Waals surface area contributed by atoms with Gasteiger partial charge in [0.25, 0.3) is 5.91 Å². The molecule has 2 aromatic carbocycles. The smallest absolute Gasteiger partial charge is 0.259 e. The first-order chi connectivity index (χ1) is 15.4. The van der Waals surface area contributed by atoms with E-state index in [1.807, 2.05) is 18.2 Å². The van der Waals surface area contributed by atoms with Gasteiger partial charge in [0.15, 0.2) is 0 Å². The Hall–Kier alpha value is -4.34. The van der Waals surface area contributed by atoms with Gasteiger partial charge in [0.1, 0.15) is 23.0 Å². The van der Waals surface area contributed by atoms with Crippen molar-refractivity contribution in [2.45, 2.75) is 17.2 Å². The summed E-state index contributed by atoms with van der Waals surface area (Å²) >= 11 is 1.03. The minimum atomic E-state index is -0.648. The van der Waals surface area contributed by atoms with Crippen molar-refractivity contribution < 1.29 is 9.59 Å². The van der Waals surface area contributed by atoms with E-state index in [4.69, 9.17) is 11.0 Å². The zero-order chi connectivity index (χ0) is 23.1. The first-order valence-electron chi connectivity index (χ1n) is 9.46. The summed E-state index contributed by atoms with van der Waals surface area (Å²) in [5.41, 5.74) is 7.49. The molecule has 8 nitrogen and oxygen atoms in total. The average molecular weight is 443 g/mol. The number of benzene rings is 2. The molecule has 1 unspecified atom stereocenters. The monoisotopic (exact) mass is 442 g/mol. The lowest BCUT2D eigenvalue weighted by molar-refractivity contribution is -0.115. The number of aromatic nitrogens is 1. The van der Waals surface area contributed by atoms with E-state index >= 15 is 0 Å². The summed E-state index contributed by atoms with van der Waals surface area (Å²) in [5, 5.41) is 23.7. The fourth-order valence-electron chi connectivity index (χ4n) is 2.73. The molecule has 9 heteroatoms. The molecule has 0 bridgehead atoms. The van der Waals surface area contributed by atoms with Crippen LogP contribution in [0.1, 0.15) is 28.4 Å². The third-order valence-electron chi connectivity index (χ3n) is 4.38. The normalized spacial score (nSPS) is 11.0. The van der Waals surface area contributed by atoms with Gasteiger partial charge >= 0.3 is 0 Å². The number of nitrogens with zero attached hydrogens (tertiary/aromatic N) is 3. The van der Waals surface area contributed by atoms with Gasteiger partial charge in [0, 0.05) is 5.69 Å². The zero-order valence-electron chi connectivity index (χ0n) is 17.0. The molecule has 3 aromatic rings. The van der Waals surface area contributed by atoms with E-state index in [1.54, 1.807) is 55.5 Å². The van der Waals surface area contributed by atoms with E-state index in [0.717, 1.165) is 11.8 Å². The highest BCUT2D eigenvalue weighted by atomic mass is 32.2. The maximum atomic E-state index is 12.6. The fourth-order valence-corrected chi connectivity index (χ4v) is 3.61. The van der Waals surface area contributed by atoms with Gasteiger partial charge in [-0.25, -0.2) is 4.98 Å². The minimum Gasteiger partial charge on any atom is -0.383 e. The lowest BCUT2D eigenvalue weighted by Crippen LogP contribution is -2.23. The number of hydrogen-bond acceptors (Lipinski definition) is 7. The lowest BCUT2D eigenvalue weighted by atomic mass is 10.2. The van der Waals surface area contributed by atoms with E-state index < -0.39 is 11.2 Å². The van der Waals surface area contributed by atoms with Crippen LogP contribution in [0.15, 0.2) is 65.7 Å². The van der Waals surface area contributed by atoms with E-state index in [1.165, 1.54) is 6.07 Å². The van der Waals surface area contributed by atoms with Crippen molar-refractivity contribution in [1.29, 1.82) is 10.5 Å². The molecule has 0 aliphatic carbocycles. The summed E-state index contributed by atoms with van der Waals surface area (Å²) in [6.45, 7) is 1.64. The molecule has 3 rings (SSSR count). The van der Waals surface area contributed by atoms with E-state index in [-0.39, 0.29) is 27.9 Å². The van der Waals surface area contributed by atoms with Crippen LogP contribution in [0.2, 0.25) is 0 Å². The Balaban J connectivity index is 1.77. The van der Waals surface area contributed by atoms with Gasteiger partial charge in [-0.2, -0.15) is 10.5 Å². The summed E-state index contributed by atoms with van der Waals surface area (Å²) in [4.78, 5) is 29.4. The highest BCUT2D eigenvalue weighted by Crippen LogP contribution is 2.29. The highest BCUT2D eigenvalue weighted by molar-refractivity contribution is 8.00. The van der Waals surface area contributed by atoms with E-state index in [2.05, 4.69) is 15.6 Å². The van der Waals surface area contributed by atoms with Crippen molar-refractivity contribution in [1.82, 2.24) is 4.98 Å². The molecular weight excluding hydrogens is 424 g/mol. The Kier molecular flexibility index (Phi) is 7.06. The standard InChI is InChI=1S/C23H18N6O2S/c1-14(21(30)28-19-10-6-5-7-15(19)12-24)32-23-16(13-25)11-18(20(26)29-23)22(31)27-17-8-3-2-4-9-17/h2-11,14H,1H3,(H2,26,29)(H,27,31)(H,28,30). The first-order valence-corrected chi connectivity index (χ1v) is 10.3. The number of thioether (sulfide) groups is 1. The van der Waals surface area contributed by atoms with Crippen molar-refractivity contribution in [2.24, 2.45) is 0 Å².